The van der Waals surface area contributed by atoms with E-state index < -0.39 is 0 Å². The van der Waals surface area contributed by atoms with Crippen molar-refractivity contribution in [3.05, 3.63) is 182 Å². The third-order valence-corrected chi connectivity index (χ3v) is 9.60. The first-order chi connectivity index (χ1) is 27.2. The zero-order chi connectivity index (χ0) is 36.6. The van der Waals surface area contributed by atoms with Gasteiger partial charge in [0.1, 0.15) is 11.2 Å². The molecule has 0 saturated heterocycles. The van der Waals surface area contributed by atoms with Gasteiger partial charge in [0.05, 0.1) is 0 Å². The summed E-state index contributed by atoms with van der Waals surface area (Å²) in [7, 11) is 0. The van der Waals surface area contributed by atoms with Gasteiger partial charge in [-0.15, -0.1) is 0 Å². The minimum absolute atomic E-state index is 0.561. The van der Waals surface area contributed by atoms with E-state index in [-0.39, 0.29) is 0 Å². The molecule has 3 aromatic heterocycles. The molecule has 0 fully saturated rings. The number of hydrogen-bond acceptors (Lipinski definition) is 7. The number of fused-ring (bicyclic) bond motifs is 3. The van der Waals surface area contributed by atoms with Crippen LogP contribution in [0.5, 0.6) is 0 Å². The first-order valence-electron chi connectivity index (χ1n) is 18.0. The number of furan rings is 1. The molecule has 0 aliphatic heterocycles. The van der Waals surface area contributed by atoms with Crippen molar-refractivity contribution >= 4 is 21.9 Å². The van der Waals surface area contributed by atoms with Gasteiger partial charge in [-0.1, -0.05) is 152 Å². The maximum atomic E-state index is 6.45. The molecule has 0 N–H and O–H groups in total. The van der Waals surface area contributed by atoms with Crippen LogP contribution in [0.3, 0.4) is 0 Å². The second kappa shape index (κ2) is 13.7. The molecule has 258 valence electrons. The molecule has 0 atom stereocenters. The Morgan fingerprint density at radius 1 is 0.236 bits per heavy atom. The maximum absolute atomic E-state index is 6.45. The quantitative estimate of drug-likeness (QED) is 0.163. The minimum atomic E-state index is 0.561. The van der Waals surface area contributed by atoms with E-state index in [1.165, 1.54) is 0 Å². The zero-order valence-electron chi connectivity index (χ0n) is 29.4. The van der Waals surface area contributed by atoms with Crippen LogP contribution in [0.1, 0.15) is 0 Å². The maximum Gasteiger partial charge on any atom is 0.164 e. The second-order valence-corrected chi connectivity index (χ2v) is 13.2. The van der Waals surface area contributed by atoms with Crippen LogP contribution in [0.4, 0.5) is 0 Å². The Kier molecular flexibility index (Phi) is 8.00. The van der Waals surface area contributed by atoms with Crippen LogP contribution < -0.4 is 0 Å². The van der Waals surface area contributed by atoms with Crippen molar-refractivity contribution in [2.45, 2.75) is 0 Å². The highest BCUT2D eigenvalue weighted by atomic mass is 16.3. The average molecular weight is 707 g/mol. The Morgan fingerprint density at radius 2 is 0.564 bits per heavy atom. The van der Waals surface area contributed by atoms with E-state index in [1.807, 2.05) is 133 Å². The van der Waals surface area contributed by atoms with Crippen molar-refractivity contribution < 1.29 is 4.42 Å². The standard InChI is InChI=1S/C48H30N6O/c1-5-13-31(14-6-1)32-21-23-36(24-22-32)46-50-45(35-19-11-4-12-20-35)53-48(54-46)38-25-27-39-40-29-37(26-28-41(40)55-42(39)30-38)47-51-43(33-15-7-2-8-16-33)49-44(52-47)34-17-9-3-10-18-34/h1-30H. The summed E-state index contributed by atoms with van der Waals surface area (Å²) in [5, 5.41) is 1.93. The molecule has 7 heteroatoms. The molecular formula is C48H30N6O. The summed E-state index contributed by atoms with van der Waals surface area (Å²) in [6.45, 7) is 0. The van der Waals surface area contributed by atoms with Crippen LogP contribution in [-0.4, -0.2) is 29.9 Å². The molecule has 7 nitrogen and oxygen atoms in total. The van der Waals surface area contributed by atoms with Crippen molar-refractivity contribution in [1.29, 1.82) is 0 Å². The largest absolute Gasteiger partial charge is 0.456 e. The number of hydrogen-bond donors (Lipinski definition) is 0. The number of benzene rings is 7. The van der Waals surface area contributed by atoms with Gasteiger partial charge >= 0.3 is 0 Å². The average Bonchev–Trinajstić information content (AvgIpc) is 3.65. The summed E-state index contributed by atoms with van der Waals surface area (Å²) in [6.07, 6.45) is 0. The highest BCUT2D eigenvalue weighted by Gasteiger charge is 2.17. The topological polar surface area (TPSA) is 90.5 Å². The van der Waals surface area contributed by atoms with E-state index in [1.54, 1.807) is 0 Å². The summed E-state index contributed by atoms with van der Waals surface area (Å²) in [6, 6.07) is 60.8. The zero-order valence-corrected chi connectivity index (χ0v) is 29.4. The second-order valence-electron chi connectivity index (χ2n) is 13.2. The first-order valence-corrected chi connectivity index (χ1v) is 18.0. The van der Waals surface area contributed by atoms with Crippen LogP contribution >= 0.6 is 0 Å². The van der Waals surface area contributed by atoms with Gasteiger partial charge in [-0.25, -0.2) is 29.9 Å². The van der Waals surface area contributed by atoms with Crippen LogP contribution in [0.25, 0.3) is 101 Å². The fraction of sp³-hybridized carbons (Fsp3) is 0. The first kappa shape index (κ1) is 32.0. The van der Waals surface area contributed by atoms with Crippen molar-refractivity contribution in [2.75, 3.05) is 0 Å². The Balaban J connectivity index is 1.05. The summed E-state index contributed by atoms with van der Waals surface area (Å²) in [5.74, 6) is 3.58. The molecule has 0 aliphatic carbocycles. The van der Waals surface area contributed by atoms with E-state index in [9.17, 15) is 0 Å². The highest BCUT2D eigenvalue weighted by molar-refractivity contribution is 6.07. The Morgan fingerprint density at radius 3 is 1.04 bits per heavy atom. The van der Waals surface area contributed by atoms with E-state index >= 15 is 0 Å². The van der Waals surface area contributed by atoms with Gasteiger partial charge < -0.3 is 4.42 Å². The van der Waals surface area contributed by atoms with Gasteiger partial charge in [-0.05, 0) is 41.5 Å². The molecule has 0 amide bonds. The van der Waals surface area contributed by atoms with E-state index in [4.69, 9.17) is 34.3 Å². The molecule has 10 aromatic rings. The monoisotopic (exact) mass is 706 g/mol. The van der Waals surface area contributed by atoms with Crippen molar-refractivity contribution in [3.8, 4) is 79.5 Å². The Hall–Kier alpha value is -7.64. The lowest BCUT2D eigenvalue weighted by Crippen LogP contribution is -2.00. The molecule has 0 aliphatic rings. The highest BCUT2D eigenvalue weighted by Crippen LogP contribution is 2.35. The SMILES string of the molecule is c1ccc(-c2ccc(-c3nc(-c4ccccc4)nc(-c4ccc5c(c4)oc4ccc(-c6nc(-c7ccccc7)nc(-c7ccccc7)n6)cc45)n3)cc2)cc1. The summed E-state index contributed by atoms with van der Waals surface area (Å²) >= 11 is 0. The number of nitrogens with zero attached hydrogens (tertiary/aromatic N) is 6. The molecule has 0 spiro atoms. The van der Waals surface area contributed by atoms with Gasteiger partial charge in [0.2, 0.25) is 0 Å². The molecule has 0 unspecified atom stereocenters. The number of rotatable bonds is 7. The predicted molar refractivity (Wildman–Crippen MR) is 219 cm³/mol. The summed E-state index contributed by atoms with van der Waals surface area (Å²) in [4.78, 5) is 29.6. The van der Waals surface area contributed by atoms with Gasteiger partial charge in [-0.2, -0.15) is 0 Å². The minimum Gasteiger partial charge on any atom is -0.456 e. The van der Waals surface area contributed by atoms with Gasteiger partial charge in [0.25, 0.3) is 0 Å². The smallest absolute Gasteiger partial charge is 0.164 e. The fourth-order valence-corrected chi connectivity index (χ4v) is 6.79. The van der Waals surface area contributed by atoms with Crippen LogP contribution in [0.2, 0.25) is 0 Å². The van der Waals surface area contributed by atoms with Crippen molar-refractivity contribution in [2.24, 2.45) is 0 Å². The third-order valence-electron chi connectivity index (χ3n) is 9.60. The van der Waals surface area contributed by atoms with Gasteiger partial charge in [-0.3, -0.25) is 0 Å². The van der Waals surface area contributed by atoms with E-state index in [0.717, 1.165) is 66.4 Å². The summed E-state index contributed by atoms with van der Waals surface area (Å²) in [5.41, 5.74) is 9.13. The van der Waals surface area contributed by atoms with Crippen LogP contribution in [0, 0.1) is 0 Å². The Labute approximate surface area is 316 Å². The van der Waals surface area contributed by atoms with Crippen molar-refractivity contribution in [1.82, 2.24) is 29.9 Å². The lowest BCUT2D eigenvalue weighted by Gasteiger charge is -2.09. The number of aromatic nitrogens is 6. The lowest BCUT2D eigenvalue weighted by molar-refractivity contribution is 0.669. The molecule has 0 saturated carbocycles. The molecule has 0 bridgehead atoms. The normalized spacial score (nSPS) is 11.3. The van der Waals surface area contributed by atoms with Crippen LogP contribution in [0.15, 0.2) is 186 Å². The molecule has 10 rings (SSSR count). The van der Waals surface area contributed by atoms with E-state index in [2.05, 4.69) is 48.5 Å². The lowest BCUT2D eigenvalue weighted by atomic mass is 10.0. The van der Waals surface area contributed by atoms with E-state index in [0.29, 0.717) is 34.9 Å². The molecule has 3 heterocycles. The van der Waals surface area contributed by atoms with Crippen molar-refractivity contribution in [3.63, 3.8) is 0 Å². The summed E-state index contributed by atoms with van der Waals surface area (Å²) < 4.78 is 6.45. The fourth-order valence-electron chi connectivity index (χ4n) is 6.79. The molecule has 7 aromatic carbocycles. The van der Waals surface area contributed by atoms with Crippen LogP contribution in [-0.2, 0) is 0 Å². The third kappa shape index (κ3) is 6.30. The molecule has 55 heavy (non-hydrogen) atoms. The van der Waals surface area contributed by atoms with Gasteiger partial charge in [0, 0.05) is 44.2 Å². The molecular weight excluding hydrogens is 677 g/mol. The molecule has 0 radical (unpaired) electrons. The predicted octanol–water partition coefficient (Wildman–Crippen LogP) is 11.6. The van der Waals surface area contributed by atoms with Gasteiger partial charge in [0.15, 0.2) is 34.9 Å². The Bertz CT molecular complexity index is 2890.